The summed E-state index contributed by atoms with van der Waals surface area (Å²) >= 11 is 0. The highest BCUT2D eigenvalue weighted by molar-refractivity contribution is 7.87. The predicted octanol–water partition coefficient (Wildman–Crippen LogP) is 5.60. The quantitative estimate of drug-likeness (QED) is 0.297. The minimum atomic E-state index is -4.00. The Labute approximate surface area is 289 Å². The minimum Gasteiger partial charge on any atom is -0.497 e. The van der Waals surface area contributed by atoms with Gasteiger partial charge in [0.1, 0.15) is 5.75 Å². The van der Waals surface area contributed by atoms with Crippen molar-refractivity contribution in [1.29, 1.82) is 0 Å². The van der Waals surface area contributed by atoms with Crippen molar-refractivity contribution in [1.82, 2.24) is 18.9 Å². The zero-order chi connectivity index (χ0) is 35.0. The molecule has 1 aliphatic heterocycles. The van der Waals surface area contributed by atoms with E-state index in [0.717, 1.165) is 70.6 Å². The SMILES string of the molecule is COc1ccc2c(c1)C=C(C(=O)N[C@@H]1C3CCC(C)([C@@H]1O)C3(C)C)Cn1c-2c(C2CCCCC2)c2ccc(C(=O)NS(=O)(=O)N(C)C)cc21. The first kappa shape index (κ1) is 33.8. The van der Waals surface area contributed by atoms with Gasteiger partial charge in [-0.25, -0.2) is 4.72 Å². The number of rotatable bonds is 7. The summed E-state index contributed by atoms with van der Waals surface area (Å²) in [5.74, 6) is 0.177. The van der Waals surface area contributed by atoms with Gasteiger partial charge in [0.2, 0.25) is 5.91 Å². The van der Waals surface area contributed by atoms with Crippen LogP contribution in [0.25, 0.3) is 28.2 Å². The predicted molar refractivity (Wildman–Crippen MR) is 190 cm³/mol. The fraction of sp³-hybridized carbons (Fsp3) is 0.526. The number of aliphatic hydroxyl groups is 1. The Balaban J connectivity index is 1.37. The molecule has 2 aromatic carbocycles. The van der Waals surface area contributed by atoms with Crippen molar-refractivity contribution in [2.24, 2.45) is 16.7 Å². The molecule has 1 aromatic heterocycles. The average Bonchev–Trinajstić information content (AvgIpc) is 3.49. The van der Waals surface area contributed by atoms with Gasteiger partial charge in [0.15, 0.2) is 0 Å². The van der Waals surface area contributed by atoms with E-state index in [9.17, 15) is 23.1 Å². The maximum atomic E-state index is 14.4. The Morgan fingerprint density at radius 2 is 1.73 bits per heavy atom. The summed E-state index contributed by atoms with van der Waals surface area (Å²) < 4.78 is 36.0. The molecule has 49 heavy (non-hydrogen) atoms. The molecule has 0 spiro atoms. The third kappa shape index (κ3) is 5.31. The van der Waals surface area contributed by atoms with Crippen LogP contribution in [-0.2, 0) is 21.5 Å². The molecule has 2 heterocycles. The molecule has 3 N–H and O–H groups in total. The van der Waals surface area contributed by atoms with Gasteiger partial charge in [-0.15, -0.1) is 0 Å². The number of aliphatic hydroxyl groups excluding tert-OH is 1. The third-order valence-electron chi connectivity index (χ3n) is 12.6. The Bertz CT molecular complexity index is 1990. The number of hydrogen-bond acceptors (Lipinski definition) is 6. The van der Waals surface area contributed by atoms with Gasteiger partial charge < -0.3 is 19.7 Å². The molecule has 2 bridgehead atoms. The van der Waals surface area contributed by atoms with Crippen LogP contribution in [0.1, 0.15) is 93.1 Å². The summed E-state index contributed by atoms with van der Waals surface area (Å²) in [4.78, 5) is 27.7. The van der Waals surface area contributed by atoms with Crippen molar-refractivity contribution in [3.63, 3.8) is 0 Å². The van der Waals surface area contributed by atoms with Crippen LogP contribution in [0.2, 0.25) is 0 Å². The standard InChI is InChI=1S/C38H48N4O6S/c1-37(2)29-16-17-38(37,3)34(43)32(29)39-35(44)25-18-24-19-26(48-6)13-15-27(24)33-31(22-10-8-7-9-11-22)28-14-12-23(20-30(28)42(33)21-25)36(45)40-49(46,47)41(4)5/h12-15,18-20,22,29,32,34,43H,7-11,16-17,21H2,1-6H3,(H,39,44)(H,40,45)/t29?,32-,34-,38?/m1/s1. The van der Waals surface area contributed by atoms with E-state index in [4.69, 9.17) is 4.74 Å². The number of ether oxygens (including phenoxy) is 1. The number of amides is 2. The molecule has 10 nitrogen and oxygen atoms in total. The van der Waals surface area contributed by atoms with E-state index in [-0.39, 0.29) is 40.8 Å². The summed E-state index contributed by atoms with van der Waals surface area (Å²) in [7, 11) is 0.358. The van der Waals surface area contributed by atoms with Crippen LogP contribution < -0.4 is 14.8 Å². The Hall–Kier alpha value is -3.67. The van der Waals surface area contributed by atoms with Gasteiger partial charge in [-0.05, 0) is 90.5 Å². The second kappa shape index (κ2) is 12.0. The normalized spacial score (nSPS) is 26.2. The number of benzene rings is 2. The van der Waals surface area contributed by atoms with Gasteiger partial charge >= 0.3 is 10.2 Å². The maximum absolute atomic E-state index is 14.4. The lowest BCUT2D eigenvalue weighted by Gasteiger charge is -2.37. The van der Waals surface area contributed by atoms with Crippen molar-refractivity contribution in [2.45, 2.75) is 90.3 Å². The number of hydrogen-bond donors (Lipinski definition) is 3. The molecular formula is C38H48N4O6S. The molecule has 4 aliphatic rings. The van der Waals surface area contributed by atoms with Crippen molar-refractivity contribution >= 4 is 39.0 Å². The summed E-state index contributed by atoms with van der Waals surface area (Å²) in [6.07, 6.45) is 8.70. The summed E-state index contributed by atoms with van der Waals surface area (Å²) in [6.45, 7) is 6.78. The van der Waals surface area contributed by atoms with Crippen LogP contribution in [0.5, 0.6) is 5.75 Å². The van der Waals surface area contributed by atoms with E-state index in [2.05, 4.69) is 35.4 Å². The van der Waals surface area contributed by atoms with Crippen LogP contribution in [0.3, 0.4) is 0 Å². The first-order valence-corrected chi connectivity index (χ1v) is 18.9. The molecular weight excluding hydrogens is 641 g/mol. The topological polar surface area (TPSA) is 130 Å². The number of carbonyl (C=O) groups is 2. The zero-order valence-corrected chi connectivity index (χ0v) is 30.1. The molecule has 262 valence electrons. The highest BCUT2D eigenvalue weighted by Crippen LogP contribution is 2.65. The summed E-state index contributed by atoms with van der Waals surface area (Å²) in [5.41, 5.74) is 5.15. The van der Waals surface area contributed by atoms with Gasteiger partial charge in [-0.1, -0.05) is 46.1 Å². The second-order valence-electron chi connectivity index (χ2n) is 15.5. The molecule has 0 saturated heterocycles. The van der Waals surface area contributed by atoms with Gasteiger partial charge in [0, 0.05) is 47.1 Å². The zero-order valence-electron chi connectivity index (χ0n) is 29.3. The first-order chi connectivity index (χ1) is 23.2. The number of methoxy groups -OCH3 is 1. The number of nitrogens with zero attached hydrogens (tertiary/aromatic N) is 2. The van der Waals surface area contributed by atoms with Gasteiger partial charge in [0.25, 0.3) is 5.91 Å². The summed E-state index contributed by atoms with van der Waals surface area (Å²) in [5, 5.41) is 15.8. The maximum Gasteiger partial charge on any atom is 0.303 e. The lowest BCUT2D eigenvalue weighted by atomic mass is 9.70. The van der Waals surface area contributed by atoms with Crippen molar-refractivity contribution < 1.29 is 27.9 Å². The Morgan fingerprint density at radius 3 is 2.39 bits per heavy atom. The van der Waals surface area contributed by atoms with E-state index >= 15 is 0 Å². The lowest BCUT2D eigenvalue weighted by Crippen LogP contribution is -2.49. The molecule has 2 unspecified atom stereocenters. The molecule has 4 atom stereocenters. The minimum absolute atomic E-state index is 0.113. The smallest absolute Gasteiger partial charge is 0.303 e. The van der Waals surface area contributed by atoms with Crippen molar-refractivity contribution in [2.75, 3.05) is 21.2 Å². The number of fused-ring (bicyclic) bond motifs is 7. The fourth-order valence-electron chi connectivity index (χ4n) is 9.35. The Morgan fingerprint density at radius 1 is 1.00 bits per heavy atom. The van der Waals surface area contributed by atoms with Crippen LogP contribution >= 0.6 is 0 Å². The Kier molecular flexibility index (Phi) is 8.27. The largest absolute Gasteiger partial charge is 0.497 e. The van der Waals surface area contributed by atoms with Gasteiger partial charge in [0.05, 0.1) is 31.5 Å². The van der Waals surface area contributed by atoms with Crippen LogP contribution in [0.4, 0.5) is 0 Å². The molecule has 11 heteroatoms. The number of carbonyl (C=O) groups excluding carboxylic acids is 2. The third-order valence-corrected chi connectivity index (χ3v) is 14.0. The first-order valence-electron chi connectivity index (χ1n) is 17.5. The van der Waals surface area contributed by atoms with E-state index in [1.54, 1.807) is 19.2 Å². The van der Waals surface area contributed by atoms with Crippen LogP contribution in [-0.4, -0.2) is 67.6 Å². The fourth-order valence-corrected chi connectivity index (χ4v) is 9.88. The lowest BCUT2D eigenvalue weighted by molar-refractivity contribution is -0.120. The van der Waals surface area contributed by atoms with Crippen LogP contribution in [0.15, 0.2) is 42.0 Å². The molecule has 2 amide bonds. The van der Waals surface area contributed by atoms with Crippen molar-refractivity contribution in [3.8, 4) is 17.0 Å². The van der Waals surface area contributed by atoms with Crippen molar-refractivity contribution in [3.05, 3.63) is 58.7 Å². The molecule has 0 radical (unpaired) electrons. The van der Waals surface area contributed by atoms with Crippen LogP contribution in [0, 0.1) is 16.7 Å². The monoisotopic (exact) mass is 688 g/mol. The molecule has 3 fully saturated rings. The van der Waals surface area contributed by atoms with Gasteiger partial charge in [-0.2, -0.15) is 12.7 Å². The van der Waals surface area contributed by atoms with E-state index in [1.807, 2.05) is 30.3 Å². The summed E-state index contributed by atoms with van der Waals surface area (Å²) in [6, 6.07) is 10.9. The van der Waals surface area contributed by atoms with E-state index in [1.165, 1.54) is 26.1 Å². The van der Waals surface area contributed by atoms with Gasteiger partial charge in [-0.3, -0.25) is 9.59 Å². The highest BCUT2D eigenvalue weighted by atomic mass is 32.2. The van der Waals surface area contributed by atoms with E-state index in [0.29, 0.717) is 17.2 Å². The molecule has 3 saturated carbocycles. The highest BCUT2D eigenvalue weighted by Gasteiger charge is 2.66. The number of aromatic nitrogens is 1. The molecule has 3 aromatic rings. The average molecular weight is 689 g/mol. The second-order valence-corrected chi connectivity index (χ2v) is 17.4. The van der Waals surface area contributed by atoms with E-state index < -0.39 is 22.2 Å². The molecule has 7 rings (SSSR count). The number of nitrogens with one attached hydrogen (secondary N) is 2. The molecule has 3 aliphatic carbocycles.